The molecule has 0 N–H and O–H groups in total. The van der Waals surface area contributed by atoms with Crippen molar-refractivity contribution in [1.29, 1.82) is 0 Å². The lowest BCUT2D eigenvalue weighted by Gasteiger charge is -2.16. The van der Waals surface area contributed by atoms with E-state index in [9.17, 15) is 17.6 Å². The second-order valence-electron chi connectivity index (χ2n) is 4.80. The molecule has 0 fully saturated rings. The highest BCUT2D eigenvalue weighted by molar-refractivity contribution is 7.91. The molecule has 0 saturated heterocycles. The second-order valence-corrected chi connectivity index (χ2v) is 6.93. The first-order valence-corrected chi connectivity index (χ1v) is 7.99. The second kappa shape index (κ2) is 6.18. The van der Waals surface area contributed by atoms with Gasteiger partial charge in [0.25, 0.3) is 0 Å². The lowest BCUT2D eigenvalue weighted by molar-refractivity contribution is -0.107. The summed E-state index contributed by atoms with van der Waals surface area (Å²) in [5, 5.41) is -1.00. The number of hydrogen-bond donors (Lipinski definition) is 0. The Hall–Kier alpha value is -2.01. The molecule has 5 heteroatoms. The van der Waals surface area contributed by atoms with Crippen LogP contribution in [-0.4, -0.2) is 14.7 Å². The Kier molecular flexibility index (Phi) is 4.53. The molecule has 1 unspecified atom stereocenters. The van der Waals surface area contributed by atoms with E-state index in [-0.39, 0.29) is 11.3 Å². The molecule has 110 valence electrons. The van der Waals surface area contributed by atoms with E-state index in [1.54, 1.807) is 12.1 Å². The zero-order valence-electron chi connectivity index (χ0n) is 11.5. The van der Waals surface area contributed by atoms with Crippen LogP contribution in [0.15, 0.2) is 53.4 Å². The summed E-state index contributed by atoms with van der Waals surface area (Å²) in [4.78, 5) is 11.0. The molecule has 0 aliphatic heterocycles. The summed E-state index contributed by atoms with van der Waals surface area (Å²) >= 11 is 0. The van der Waals surface area contributed by atoms with Gasteiger partial charge in [0.05, 0.1) is 10.1 Å². The van der Waals surface area contributed by atoms with Crippen LogP contribution in [0.4, 0.5) is 4.39 Å². The van der Waals surface area contributed by atoms with Crippen LogP contribution in [0.3, 0.4) is 0 Å². The highest BCUT2D eigenvalue weighted by Crippen LogP contribution is 2.31. The molecule has 21 heavy (non-hydrogen) atoms. The minimum atomic E-state index is -3.70. The molecule has 0 radical (unpaired) electrons. The summed E-state index contributed by atoms with van der Waals surface area (Å²) in [6, 6.07) is 11.6. The fraction of sp³-hybridized carbons (Fsp3) is 0.188. The van der Waals surface area contributed by atoms with E-state index in [1.807, 2.05) is 6.92 Å². The Bertz CT molecular complexity index is 719. The van der Waals surface area contributed by atoms with Crippen LogP contribution < -0.4 is 0 Å². The molecule has 0 amide bonds. The van der Waals surface area contributed by atoms with Crippen LogP contribution in [0.25, 0.3) is 0 Å². The van der Waals surface area contributed by atoms with E-state index in [2.05, 4.69) is 0 Å². The summed E-state index contributed by atoms with van der Waals surface area (Å²) in [5.74, 6) is -0.448. The van der Waals surface area contributed by atoms with Crippen molar-refractivity contribution in [3.05, 3.63) is 65.5 Å². The number of carbonyl (C=O) groups excluding carboxylic acids is 1. The highest BCUT2D eigenvalue weighted by atomic mass is 32.2. The van der Waals surface area contributed by atoms with Gasteiger partial charge in [0.15, 0.2) is 9.84 Å². The lowest BCUT2D eigenvalue weighted by Crippen LogP contribution is -2.14. The molecule has 0 aliphatic carbocycles. The van der Waals surface area contributed by atoms with Gasteiger partial charge in [0, 0.05) is 6.42 Å². The van der Waals surface area contributed by atoms with Crippen LogP contribution in [0.2, 0.25) is 0 Å². The molecule has 0 spiro atoms. The molecule has 0 heterocycles. The minimum Gasteiger partial charge on any atom is -0.303 e. The van der Waals surface area contributed by atoms with Gasteiger partial charge in [0.1, 0.15) is 12.1 Å². The maximum absolute atomic E-state index is 13.0. The van der Waals surface area contributed by atoms with Gasteiger partial charge in [-0.1, -0.05) is 29.8 Å². The maximum atomic E-state index is 13.0. The Balaban J connectivity index is 2.47. The highest BCUT2D eigenvalue weighted by Gasteiger charge is 2.28. The van der Waals surface area contributed by atoms with Gasteiger partial charge in [-0.2, -0.15) is 0 Å². The normalized spacial score (nSPS) is 12.9. The van der Waals surface area contributed by atoms with Crippen LogP contribution in [0.5, 0.6) is 0 Å². The topological polar surface area (TPSA) is 51.2 Å². The van der Waals surface area contributed by atoms with Crippen molar-refractivity contribution in [2.75, 3.05) is 0 Å². The molecule has 1 atom stereocenters. The van der Waals surface area contributed by atoms with Crippen LogP contribution in [0, 0.1) is 12.7 Å². The summed E-state index contributed by atoms with van der Waals surface area (Å²) in [5.41, 5.74) is 1.35. The third kappa shape index (κ3) is 3.36. The largest absolute Gasteiger partial charge is 0.303 e. The molecule has 0 bridgehead atoms. The zero-order valence-corrected chi connectivity index (χ0v) is 12.3. The smallest absolute Gasteiger partial charge is 0.185 e. The Labute approximate surface area is 123 Å². The molecule has 0 aliphatic rings. The maximum Gasteiger partial charge on any atom is 0.185 e. The van der Waals surface area contributed by atoms with Crippen molar-refractivity contribution in [3.8, 4) is 0 Å². The van der Waals surface area contributed by atoms with Crippen molar-refractivity contribution in [3.63, 3.8) is 0 Å². The summed E-state index contributed by atoms with van der Waals surface area (Å²) < 4.78 is 38.3. The first-order valence-electron chi connectivity index (χ1n) is 6.45. The fourth-order valence-corrected chi connectivity index (χ4v) is 3.79. The van der Waals surface area contributed by atoms with E-state index in [1.165, 1.54) is 36.4 Å². The number of aldehydes is 1. The molecular weight excluding hydrogens is 291 g/mol. The molecule has 2 rings (SSSR count). The van der Waals surface area contributed by atoms with Gasteiger partial charge >= 0.3 is 0 Å². The number of carbonyl (C=O) groups is 1. The predicted octanol–water partition coefficient (Wildman–Crippen LogP) is 3.24. The number of hydrogen-bond acceptors (Lipinski definition) is 3. The average Bonchev–Trinajstić information content (AvgIpc) is 2.46. The SMILES string of the molecule is Cc1ccc(S(=O)(=O)C(CC=O)c2ccc(F)cc2)cc1. The van der Waals surface area contributed by atoms with Crippen LogP contribution in [-0.2, 0) is 14.6 Å². The van der Waals surface area contributed by atoms with E-state index >= 15 is 0 Å². The lowest BCUT2D eigenvalue weighted by atomic mass is 10.1. The van der Waals surface area contributed by atoms with Crippen molar-refractivity contribution in [2.24, 2.45) is 0 Å². The van der Waals surface area contributed by atoms with Gasteiger partial charge in [-0.3, -0.25) is 0 Å². The number of sulfone groups is 1. The Morgan fingerprint density at radius 2 is 1.62 bits per heavy atom. The number of rotatable bonds is 5. The van der Waals surface area contributed by atoms with Crippen molar-refractivity contribution >= 4 is 16.1 Å². The van der Waals surface area contributed by atoms with Gasteiger partial charge in [-0.25, -0.2) is 12.8 Å². The van der Waals surface area contributed by atoms with Crippen molar-refractivity contribution < 1.29 is 17.6 Å². The summed E-state index contributed by atoms with van der Waals surface area (Å²) in [6.07, 6.45) is 0.404. The molecule has 3 nitrogen and oxygen atoms in total. The quantitative estimate of drug-likeness (QED) is 0.797. The molecular formula is C16H15FO3S. The molecule has 2 aromatic rings. The van der Waals surface area contributed by atoms with E-state index in [4.69, 9.17) is 0 Å². The first kappa shape index (κ1) is 15.4. The third-order valence-electron chi connectivity index (χ3n) is 3.28. The summed E-state index contributed by atoms with van der Waals surface area (Å²) in [6.45, 7) is 1.86. The van der Waals surface area contributed by atoms with Gasteiger partial charge in [-0.15, -0.1) is 0 Å². The van der Waals surface area contributed by atoms with Crippen LogP contribution in [0.1, 0.15) is 22.8 Å². The van der Waals surface area contributed by atoms with Gasteiger partial charge in [-0.05, 0) is 36.8 Å². The van der Waals surface area contributed by atoms with E-state index < -0.39 is 20.9 Å². The fourth-order valence-electron chi connectivity index (χ4n) is 2.10. The van der Waals surface area contributed by atoms with Gasteiger partial charge < -0.3 is 4.79 Å². The van der Waals surface area contributed by atoms with E-state index in [0.29, 0.717) is 11.8 Å². The number of halogens is 1. The molecule has 2 aromatic carbocycles. The number of aryl methyl sites for hydroxylation is 1. The minimum absolute atomic E-state index is 0.157. The third-order valence-corrected chi connectivity index (χ3v) is 5.42. The van der Waals surface area contributed by atoms with Gasteiger partial charge in [0.2, 0.25) is 0 Å². The number of benzene rings is 2. The summed E-state index contributed by atoms with van der Waals surface area (Å²) in [7, 11) is -3.70. The Morgan fingerprint density at radius 3 is 2.14 bits per heavy atom. The zero-order chi connectivity index (χ0) is 15.5. The molecule has 0 saturated carbocycles. The van der Waals surface area contributed by atoms with Crippen molar-refractivity contribution in [1.82, 2.24) is 0 Å². The standard InChI is InChI=1S/C16H15FO3S/c1-12-2-8-15(9-3-12)21(19,20)16(10-11-18)13-4-6-14(17)7-5-13/h2-9,11,16H,10H2,1H3. The monoisotopic (exact) mass is 306 g/mol. The van der Waals surface area contributed by atoms with Crippen LogP contribution >= 0.6 is 0 Å². The first-order chi connectivity index (χ1) is 9.95. The Morgan fingerprint density at radius 1 is 1.05 bits per heavy atom. The van der Waals surface area contributed by atoms with Crippen molar-refractivity contribution in [2.45, 2.75) is 23.5 Å². The average molecular weight is 306 g/mol. The van der Waals surface area contributed by atoms with E-state index in [0.717, 1.165) is 5.56 Å². The predicted molar refractivity (Wildman–Crippen MR) is 78.2 cm³/mol. The molecule has 0 aromatic heterocycles.